The van der Waals surface area contributed by atoms with E-state index in [0.717, 1.165) is 12.1 Å². The Bertz CT molecular complexity index is 629. The predicted octanol–water partition coefficient (Wildman–Crippen LogP) is 2.81. The molecule has 0 saturated carbocycles. The summed E-state index contributed by atoms with van der Waals surface area (Å²) in [6.45, 7) is 4.83. The van der Waals surface area contributed by atoms with E-state index in [2.05, 4.69) is 5.32 Å². The first-order chi connectivity index (χ1) is 12.3. The summed E-state index contributed by atoms with van der Waals surface area (Å²) in [4.78, 5) is 27.2. The standard InChI is InChI=1S/C17H22F3N3O3/c1-2-26-16(25)23-10-8-22(9-11-23)7-6-15(24)21-14-5-3-4-13(12-14)17(18,19)20/h3-5,12H,2,6-11H2,1H3,(H,21,24). The molecule has 0 bridgehead atoms. The molecule has 0 aliphatic carbocycles. The minimum Gasteiger partial charge on any atom is -0.450 e. The first kappa shape index (κ1) is 20.0. The molecule has 0 spiro atoms. The number of hydrogen-bond donors (Lipinski definition) is 1. The molecule has 1 aliphatic rings. The van der Waals surface area contributed by atoms with Gasteiger partial charge in [0.1, 0.15) is 0 Å². The number of rotatable bonds is 5. The molecule has 6 nitrogen and oxygen atoms in total. The van der Waals surface area contributed by atoms with Gasteiger partial charge < -0.3 is 15.0 Å². The second-order valence-corrected chi connectivity index (χ2v) is 5.90. The highest BCUT2D eigenvalue weighted by Crippen LogP contribution is 2.30. The minimum absolute atomic E-state index is 0.122. The smallest absolute Gasteiger partial charge is 0.416 e. The lowest BCUT2D eigenvalue weighted by atomic mass is 10.2. The molecular formula is C17H22F3N3O3. The van der Waals surface area contributed by atoms with Crippen LogP contribution < -0.4 is 5.32 Å². The fourth-order valence-corrected chi connectivity index (χ4v) is 2.63. The minimum atomic E-state index is -4.45. The number of nitrogens with one attached hydrogen (secondary N) is 1. The van der Waals surface area contributed by atoms with E-state index in [1.165, 1.54) is 12.1 Å². The van der Waals surface area contributed by atoms with E-state index >= 15 is 0 Å². The highest BCUT2D eigenvalue weighted by atomic mass is 19.4. The average molecular weight is 373 g/mol. The van der Waals surface area contributed by atoms with Gasteiger partial charge in [-0.15, -0.1) is 0 Å². The molecule has 1 N–H and O–H groups in total. The molecule has 0 atom stereocenters. The summed E-state index contributed by atoms with van der Waals surface area (Å²) in [5.41, 5.74) is -0.678. The second-order valence-electron chi connectivity index (χ2n) is 5.90. The molecule has 26 heavy (non-hydrogen) atoms. The molecule has 1 aliphatic heterocycles. The van der Waals surface area contributed by atoms with Crippen molar-refractivity contribution in [2.75, 3.05) is 44.6 Å². The van der Waals surface area contributed by atoms with Gasteiger partial charge in [-0.1, -0.05) is 6.07 Å². The normalized spacial score (nSPS) is 15.6. The maximum Gasteiger partial charge on any atom is 0.416 e. The lowest BCUT2D eigenvalue weighted by molar-refractivity contribution is -0.137. The van der Waals surface area contributed by atoms with Crippen molar-refractivity contribution in [1.29, 1.82) is 0 Å². The Labute approximate surface area is 149 Å². The molecule has 2 amide bonds. The lowest BCUT2D eigenvalue weighted by Gasteiger charge is -2.33. The van der Waals surface area contributed by atoms with Crippen LogP contribution in [-0.2, 0) is 15.7 Å². The van der Waals surface area contributed by atoms with Crippen molar-refractivity contribution in [1.82, 2.24) is 9.80 Å². The van der Waals surface area contributed by atoms with Crippen molar-refractivity contribution >= 4 is 17.7 Å². The van der Waals surface area contributed by atoms with Crippen molar-refractivity contribution in [3.05, 3.63) is 29.8 Å². The number of alkyl halides is 3. The number of hydrogen-bond acceptors (Lipinski definition) is 4. The van der Waals surface area contributed by atoms with Crippen LogP contribution in [0.1, 0.15) is 18.9 Å². The third kappa shape index (κ3) is 5.91. The largest absolute Gasteiger partial charge is 0.450 e. The van der Waals surface area contributed by atoms with Crippen LogP contribution >= 0.6 is 0 Å². The van der Waals surface area contributed by atoms with Crippen LogP contribution in [0.4, 0.5) is 23.7 Å². The van der Waals surface area contributed by atoms with Crippen molar-refractivity contribution in [3.63, 3.8) is 0 Å². The quantitative estimate of drug-likeness (QED) is 0.862. The number of anilines is 1. The molecule has 1 saturated heterocycles. The molecule has 0 radical (unpaired) electrons. The van der Waals surface area contributed by atoms with Gasteiger partial charge in [0.2, 0.25) is 5.91 Å². The Morgan fingerprint density at radius 1 is 1.19 bits per heavy atom. The molecule has 1 aromatic carbocycles. The first-order valence-corrected chi connectivity index (χ1v) is 8.40. The fourth-order valence-electron chi connectivity index (χ4n) is 2.63. The van der Waals surface area contributed by atoms with Gasteiger partial charge in [0.05, 0.1) is 12.2 Å². The summed E-state index contributed by atoms with van der Waals surface area (Å²) >= 11 is 0. The molecule has 1 aromatic rings. The molecule has 0 unspecified atom stereocenters. The van der Waals surface area contributed by atoms with E-state index in [9.17, 15) is 22.8 Å². The second kappa shape index (κ2) is 8.88. The summed E-state index contributed by atoms with van der Waals surface area (Å²) in [6, 6.07) is 4.55. The van der Waals surface area contributed by atoms with E-state index in [-0.39, 0.29) is 24.1 Å². The fraction of sp³-hybridized carbons (Fsp3) is 0.529. The van der Waals surface area contributed by atoms with E-state index in [1.54, 1.807) is 11.8 Å². The van der Waals surface area contributed by atoms with E-state index in [4.69, 9.17) is 4.74 Å². The number of carbonyl (C=O) groups excluding carboxylic acids is 2. The van der Waals surface area contributed by atoms with Gasteiger partial charge in [-0.3, -0.25) is 9.69 Å². The maximum absolute atomic E-state index is 12.7. The van der Waals surface area contributed by atoms with Gasteiger partial charge in [-0.2, -0.15) is 13.2 Å². The van der Waals surface area contributed by atoms with Crippen LogP contribution in [0.3, 0.4) is 0 Å². The summed E-state index contributed by atoms with van der Waals surface area (Å²) in [6.07, 6.45) is -4.62. The van der Waals surface area contributed by atoms with Crippen LogP contribution in [-0.4, -0.2) is 61.1 Å². The van der Waals surface area contributed by atoms with Crippen LogP contribution in [0, 0.1) is 0 Å². The lowest BCUT2D eigenvalue weighted by Crippen LogP contribution is -2.49. The summed E-state index contributed by atoms with van der Waals surface area (Å²) in [7, 11) is 0. The zero-order chi connectivity index (χ0) is 19.2. The first-order valence-electron chi connectivity index (χ1n) is 8.40. The topological polar surface area (TPSA) is 61.9 Å². The zero-order valence-electron chi connectivity index (χ0n) is 14.5. The molecule has 1 heterocycles. The monoisotopic (exact) mass is 373 g/mol. The molecule has 1 fully saturated rings. The number of halogens is 3. The van der Waals surface area contributed by atoms with E-state index in [0.29, 0.717) is 39.3 Å². The third-order valence-corrected chi connectivity index (χ3v) is 4.03. The Morgan fingerprint density at radius 2 is 1.88 bits per heavy atom. The molecular weight excluding hydrogens is 351 g/mol. The summed E-state index contributed by atoms with van der Waals surface area (Å²) in [5, 5.41) is 2.49. The van der Waals surface area contributed by atoms with Crippen LogP contribution in [0.5, 0.6) is 0 Å². The van der Waals surface area contributed by atoms with Crippen molar-refractivity contribution in [3.8, 4) is 0 Å². The number of ether oxygens (including phenoxy) is 1. The van der Waals surface area contributed by atoms with Crippen molar-refractivity contribution in [2.24, 2.45) is 0 Å². The highest BCUT2D eigenvalue weighted by Gasteiger charge is 2.30. The number of nitrogens with zero attached hydrogens (tertiary/aromatic N) is 2. The number of piperazine rings is 1. The van der Waals surface area contributed by atoms with Crippen molar-refractivity contribution in [2.45, 2.75) is 19.5 Å². The molecule has 2 rings (SSSR count). The Balaban J connectivity index is 1.75. The van der Waals surface area contributed by atoms with Crippen LogP contribution in [0.25, 0.3) is 0 Å². The highest BCUT2D eigenvalue weighted by molar-refractivity contribution is 5.90. The number of carbonyl (C=O) groups is 2. The van der Waals surface area contributed by atoms with E-state index < -0.39 is 11.7 Å². The van der Waals surface area contributed by atoms with E-state index in [1.807, 2.05) is 4.90 Å². The Morgan fingerprint density at radius 3 is 2.50 bits per heavy atom. The van der Waals surface area contributed by atoms with Gasteiger partial charge in [-0.25, -0.2) is 4.79 Å². The van der Waals surface area contributed by atoms with Gasteiger partial charge in [0.15, 0.2) is 0 Å². The number of amides is 2. The Kier molecular flexibility index (Phi) is 6.84. The van der Waals surface area contributed by atoms with Crippen molar-refractivity contribution < 1.29 is 27.5 Å². The summed E-state index contributed by atoms with van der Waals surface area (Å²) in [5.74, 6) is -0.350. The number of benzene rings is 1. The van der Waals surface area contributed by atoms with Gasteiger partial charge in [0, 0.05) is 44.8 Å². The molecule has 144 valence electrons. The maximum atomic E-state index is 12.7. The SMILES string of the molecule is CCOC(=O)N1CCN(CCC(=O)Nc2cccc(C(F)(F)F)c2)CC1. The third-order valence-electron chi connectivity index (χ3n) is 4.03. The summed E-state index contributed by atoms with van der Waals surface area (Å²) < 4.78 is 43.0. The van der Waals surface area contributed by atoms with Crippen LogP contribution in [0.2, 0.25) is 0 Å². The average Bonchev–Trinajstić information content (AvgIpc) is 2.60. The van der Waals surface area contributed by atoms with Gasteiger partial charge in [-0.05, 0) is 25.1 Å². The zero-order valence-corrected chi connectivity index (χ0v) is 14.5. The Hall–Kier alpha value is -2.29. The molecule has 0 aromatic heterocycles. The van der Waals surface area contributed by atoms with Gasteiger partial charge >= 0.3 is 12.3 Å². The van der Waals surface area contributed by atoms with Gasteiger partial charge in [0.25, 0.3) is 0 Å². The molecule has 9 heteroatoms. The van der Waals surface area contributed by atoms with Crippen LogP contribution in [0.15, 0.2) is 24.3 Å². The predicted molar refractivity (Wildman–Crippen MR) is 89.7 cm³/mol.